The van der Waals surface area contributed by atoms with Gasteiger partial charge in [-0.2, -0.15) is 0 Å². The summed E-state index contributed by atoms with van der Waals surface area (Å²) in [6.07, 6.45) is 8.18. The van der Waals surface area contributed by atoms with Crippen LogP contribution < -0.4 is 49.1 Å². The molecule has 6 aromatic carbocycles. The van der Waals surface area contributed by atoms with Crippen LogP contribution >= 0.6 is 34.8 Å². The van der Waals surface area contributed by atoms with E-state index in [0.29, 0.717) is 85.2 Å². The van der Waals surface area contributed by atoms with Crippen molar-refractivity contribution in [1.82, 2.24) is 60.8 Å². The highest BCUT2D eigenvalue weighted by Crippen LogP contribution is 2.41. The van der Waals surface area contributed by atoms with E-state index in [4.69, 9.17) is 52.0 Å². The lowest BCUT2D eigenvalue weighted by Crippen LogP contribution is -2.48. The van der Waals surface area contributed by atoms with Crippen LogP contribution in [0.2, 0.25) is 15.1 Å². The van der Waals surface area contributed by atoms with E-state index in [0.717, 1.165) is 49.4 Å². The Balaban J connectivity index is 0.000000148. The third-order valence-corrected chi connectivity index (χ3v) is 19.1. The van der Waals surface area contributed by atoms with Gasteiger partial charge in [-0.15, -0.1) is 0 Å². The number of nitrogens with zero attached hydrogens (tertiary/aromatic N) is 6. The van der Waals surface area contributed by atoms with Crippen LogP contribution in [-0.4, -0.2) is 117 Å². The largest absolute Gasteiger partial charge is 0.399 e. The van der Waals surface area contributed by atoms with Gasteiger partial charge in [0.2, 0.25) is 17.8 Å². The number of H-pyrrole nitrogens is 3. The van der Waals surface area contributed by atoms with Gasteiger partial charge in [0.1, 0.15) is 0 Å². The molecule has 21 nitrogen and oxygen atoms in total. The van der Waals surface area contributed by atoms with Gasteiger partial charge in [0.15, 0.2) is 0 Å². The van der Waals surface area contributed by atoms with Crippen LogP contribution in [0.5, 0.6) is 0 Å². The van der Waals surface area contributed by atoms with Gasteiger partial charge in [-0.3, -0.25) is 14.4 Å². The van der Waals surface area contributed by atoms with Gasteiger partial charge in [0.25, 0.3) is 35.5 Å². The summed E-state index contributed by atoms with van der Waals surface area (Å²) >= 11 is 19.1. The van der Waals surface area contributed by atoms with Crippen molar-refractivity contribution >= 4 is 120 Å². The van der Waals surface area contributed by atoms with Crippen LogP contribution in [0.3, 0.4) is 0 Å². The number of carbonyl (C=O) groups is 3. The topological polar surface area (TPSA) is 326 Å². The fraction of sp³-hybridized carbons (Fsp3) is 0.250. The number of para-hydroxylation sites is 3. The second-order valence-electron chi connectivity index (χ2n) is 26.3. The molecule has 0 aliphatic heterocycles. The predicted octanol–water partition coefficient (Wildman–Crippen LogP) is 16.4. The summed E-state index contributed by atoms with van der Waals surface area (Å²) < 4.78 is 87.5. The van der Waals surface area contributed by atoms with E-state index in [1.807, 2.05) is 72.8 Å². The van der Waals surface area contributed by atoms with Crippen molar-refractivity contribution in [2.24, 2.45) is 0 Å². The number of aromatic nitrogens is 9. The lowest BCUT2D eigenvalue weighted by molar-refractivity contribution is -0.0476. The van der Waals surface area contributed by atoms with Gasteiger partial charge in [-0.25, -0.2) is 56.2 Å². The Labute approximate surface area is 619 Å². The second kappa shape index (κ2) is 31.7. The number of anilines is 6. The van der Waals surface area contributed by atoms with Crippen LogP contribution in [-0.2, 0) is 0 Å². The highest BCUT2D eigenvalue weighted by Gasteiger charge is 2.45. The first-order chi connectivity index (χ1) is 50.3. The quantitative estimate of drug-likeness (QED) is 0.0335. The molecule has 6 atom stereocenters. The maximum atomic E-state index is 14.6. The molecule has 548 valence electrons. The Morgan fingerprint density at radius 3 is 0.887 bits per heavy atom. The molecule has 6 aromatic heterocycles. The Morgan fingerprint density at radius 1 is 0.377 bits per heavy atom. The number of amides is 3. The zero-order valence-electron chi connectivity index (χ0n) is 55.7. The number of nitrogen functional groups attached to an aromatic ring is 3. The molecule has 3 aliphatic carbocycles. The van der Waals surface area contributed by atoms with Crippen molar-refractivity contribution < 1.29 is 40.7 Å². The zero-order chi connectivity index (χ0) is 73.7. The molecule has 3 fully saturated rings. The van der Waals surface area contributed by atoms with Gasteiger partial charge in [-0.1, -0.05) is 96.8 Å². The summed E-state index contributed by atoms with van der Waals surface area (Å²) in [4.78, 5) is 73.4. The van der Waals surface area contributed by atoms with E-state index < -0.39 is 110 Å². The van der Waals surface area contributed by atoms with Crippen LogP contribution in [0.25, 0.3) is 66.5 Å². The summed E-state index contributed by atoms with van der Waals surface area (Å²) in [6, 6.07) is 38.0. The molecular formula is C76H73Cl3F6N18O3. The van der Waals surface area contributed by atoms with Crippen molar-refractivity contribution in [2.45, 2.75) is 119 Å². The molecule has 2 unspecified atom stereocenters. The van der Waals surface area contributed by atoms with E-state index in [1.165, 1.54) is 18.6 Å². The SMILES string of the molecule is C.Nc1ccc(C(=O)NC2CC(Nc3ncc(Cl)c(-c4c[nH]c5ccccc45)n3)CC(F)(F)C2)cc1.Nc1ccc(C(=O)N[C@@H]2C[C@H](Nc3ncc(Cl)c(-c4c[nH]c5ccccc45)n3)CC(F)(F)C2)cc1.Nc1ccc(C(=O)N[C@H]2C[C@@H](Nc3ncc(Cl)c(-c4c[nH]c5ccccc45)n3)CC(F)(F)C2)cc1. The van der Waals surface area contributed by atoms with Gasteiger partial charge in [0, 0.05) is 177 Å². The molecular weight excluding hydrogens is 1430 g/mol. The lowest BCUT2D eigenvalue weighted by atomic mass is 9.87. The number of alkyl halides is 6. The number of benzene rings is 6. The third kappa shape index (κ3) is 18.1. The lowest BCUT2D eigenvalue weighted by Gasteiger charge is -2.35. The van der Waals surface area contributed by atoms with E-state index in [2.05, 4.69) is 76.8 Å². The molecule has 3 saturated carbocycles. The smallest absolute Gasteiger partial charge is 0.252 e. The molecule has 0 spiro atoms. The van der Waals surface area contributed by atoms with Crippen molar-refractivity contribution in [3.05, 3.63) is 215 Å². The van der Waals surface area contributed by atoms with Crippen molar-refractivity contribution in [3.63, 3.8) is 0 Å². The maximum Gasteiger partial charge on any atom is 0.252 e. The number of nitrogens with two attached hydrogens (primary N) is 3. The van der Waals surface area contributed by atoms with Gasteiger partial charge in [0.05, 0.1) is 50.7 Å². The first-order valence-electron chi connectivity index (χ1n) is 33.5. The van der Waals surface area contributed by atoms with Crippen molar-refractivity contribution in [1.29, 1.82) is 0 Å². The number of rotatable bonds is 15. The van der Waals surface area contributed by atoms with E-state index in [1.54, 1.807) is 91.4 Å². The normalized spacial score (nSPS) is 19.2. The van der Waals surface area contributed by atoms with Crippen LogP contribution in [0.1, 0.15) is 96.3 Å². The minimum Gasteiger partial charge on any atom is -0.399 e. The molecule has 12 aromatic rings. The monoisotopic (exact) mass is 1500 g/mol. The third-order valence-electron chi connectivity index (χ3n) is 18.3. The molecule has 106 heavy (non-hydrogen) atoms. The van der Waals surface area contributed by atoms with Gasteiger partial charge >= 0.3 is 0 Å². The number of fused-ring (bicyclic) bond motifs is 3. The number of carbonyl (C=O) groups excluding carboxylic acids is 3. The van der Waals surface area contributed by atoms with Crippen LogP contribution in [0.15, 0.2) is 183 Å². The van der Waals surface area contributed by atoms with Crippen LogP contribution in [0.4, 0.5) is 61.2 Å². The van der Waals surface area contributed by atoms with E-state index in [-0.39, 0.29) is 25.3 Å². The highest BCUT2D eigenvalue weighted by molar-refractivity contribution is 6.34. The van der Waals surface area contributed by atoms with E-state index >= 15 is 0 Å². The van der Waals surface area contributed by atoms with Crippen molar-refractivity contribution in [3.8, 4) is 33.8 Å². The Kier molecular flexibility index (Phi) is 22.3. The summed E-state index contributed by atoms with van der Waals surface area (Å²) in [5.41, 5.74) is 26.3. The second-order valence-corrected chi connectivity index (χ2v) is 27.5. The Hall–Kier alpha value is -11.2. The molecule has 30 heteroatoms. The number of hydrogen-bond donors (Lipinski definition) is 12. The summed E-state index contributed by atoms with van der Waals surface area (Å²) in [5.74, 6) is -9.55. The minimum atomic E-state index is -2.96. The molecule has 15 rings (SSSR count). The maximum absolute atomic E-state index is 14.6. The summed E-state index contributed by atoms with van der Waals surface area (Å²) in [6.45, 7) is 0. The molecule has 6 heterocycles. The predicted molar refractivity (Wildman–Crippen MR) is 405 cm³/mol. The average Bonchev–Trinajstić information content (AvgIpc) is 1.35. The summed E-state index contributed by atoms with van der Waals surface area (Å²) in [5, 5.41) is 21.1. The van der Waals surface area contributed by atoms with Gasteiger partial charge < -0.3 is 64.1 Å². The number of aromatic amines is 3. The van der Waals surface area contributed by atoms with Crippen LogP contribution in [0, 0.1) is 0 Å². The Bertz CT molecular complexity index is 4620. The molecule has 0 bridgehead atoms. The van der Waals surface area contributed by atoms with Crippen molar-refractivity contribution in [2.75, 3.05) is 33.2 Å². The zero-order valence-corrected chi connectivity index (χ0v) is 58.0. The van der Waals surface area contributed by atoms with Gasteiger partial charge in [-0.05, 0) is 110 Å². The average molecular weight is 1510 g/mol. The first kappa shape index (κ1) is 74.6. The fourth-order valence-electron chi connectivity index (χ4n) is 13.5. The van der Waals surface area contributed by atoms with E-state index in [9.17, 15) is 40.7 Å². The molecule has 0 radical (unpaired) electrons. The standard InChI is InChI=1S/3C25H23ClF2N6O.CH4/c3*26-20-13-31-24(34-22(20)19-12-30-21-4-2-1-3-18(19)21)33-17-9-16(10-25(27,28)11-17)32-23(35)14-5-7-15(29)8-6-14;/h3*1-8,12-13,16-17,30H,9-11,29H2,(H,32,35)(H,31,33,34);1H4/t2*16-,17+;;/m10../s1. The number of hydrogen-bond acceptors (Lipinski definition) is 15. The molecule has 3 amide bonds. The fourth-order valence-corrected chi connectivity index (χ4v) is 14.1. The summed E-state index contributed by atoms with van der Waals surface area (Å²) in [7, 11) is 0. The highest BCUT2D eigenvalue weighted by atomic mass is 35.5. The molecule has 15 N–H and O–H groups in total. The molecule has 3 aliphatic rings. The number of nitrogens with one attached hydrogen (secondary N) is 9. The molecule has 0 saturated heterocycles. The Morgan fingerprint density at radius 2 is 0.623 bits per heavy atom. The first-order valence-corrected chi connectivity index (χ1v) is 34.6. The number of halogens is 9. The minimum absolute atomic E-state index is 0.